The highest BCUT2D eigenvalue weighted by molar-refractivity contribution is 6.50. The second-order valence-corrected chi connectivity index (χ2v) is 9.58. The summed E-state index contributed by atoms with van der Waals surface area (Å²) in [5, 5.41) is 3.46. The molecule has 0 radical (unpaired) electrons. The molecule has 2 aliphatic rings. The first-order valence-electron chi connectivity index (χ1n) is 12.4. The number of hydrogen-bond acceptors (Lipinski definition) is 3. The van der Waals surface area contributed by atoms with Gasteiger partial charge in [0.2, 0.25) is 0 Å². The van der Waals surface area contributed by atoms with E-state index in [-0.39, 0.29) is 11.1 Å². The van der Waals surface area contributed by atoms with E-state index in [1.54, 1.807) is 18.3 Å². The van der Waals surface area contributed by atoms with Crippen LogP contribution in [0.1, 0.15) is 36.8 Å². The number of amides is 2. The number of fused-ring (bicyclic) bond motifs is 2. The van der Waals surface area contributed by atoms with Gasteiger partial charge in [0.05, 0.1) is 11.1 Å². The molecular formula is C28H26F2N4O2. The first-order chi connectivity index (χ1) is 17.5. The zero-order valence-corrected chi connectivity index (χ0v) is 19.7. The van der Waals surface area contributed by atoms with Gasteiger partial charge in [-0.15, -0.1) is 0 Å². The van der Waals surface area contributed by atoms with Crippen molar-refractivity contribution in [2.45, 2.75) is 32.2 Å². The molecule has 2 aromatic carbocycles. The third-order valence-corrected chi connectivity index (χ3v) is 7.28. The molecule has 6 rings (SSSR count). The van der Waals surface area contributed by atoms with E-state index in [2.05, 4.69) is 15.2 Å². The van der Waals surface area contributed by atoms with Gasteiger partial charge in [-0.1, -0.05) is 6.42 Å². The number of nitrogens with zero attached hydrogens (tertiary/aromatic N) is 2. The Morgan fingerprint density at radius 3 is 2.28 bits per heavy atom. The third kappa shape index (κ3) is 3.91. The fourth-order valence-electron chi connectivity index (χ4n) is 5.57. The lowest BCUT2D eigenvalue weighted by atomic mass is 9.95. The quantitative estimate of drug-likeness (QED) is 0.382. The maximum atomic E-state index is 14.4. The van der Waals surface area contributed by atoms with Gasteiger partial charge in [-0.3, -0.25) is 14.9 Å². The van der Waals surface area contributed by atoms with Gasteiger partial charge in [0.15, 0.2) is 0 Å². The monoisotopic (exact) mass is 488 g/mol. The van der Waals surface area contributed by atoms with Gasteiger partial charge in [-0.25, -0.2) is 8.78 Å². The Kier molecular flexibility index (Phi) is 5.68. The van der Waals surface area contributed by atoms with Gasteiger partial charge in [-0.05, 0) is 75.3 Å². The second-order valence-electron chi connectivity index (χ2n) is 9.58. The first kappa shape index (κ1) is 22.7. The fraction of sp³-hybridized carbons (Fsp3) is 0.286. The molecule has 0 atom stereocenters. The molecule has 2 aliphatic heterocycles. The van der Waals surface area contributed by atoms with Crippen molar-refractivity contribution in [1.29, 1.82) is 0 Å². The van der Waals surface area contributed by atoms with Crippen LogP contribution < -0.4 is 5.32 Å². The van der Waals surface area contributed by atoms with Gasteiger partial charge in [0.1, 0.15) is 11.6 Å². The van der Waals surface area contributed by atoms with Crippen LogP contribution in [0.25, 0.3) is 33.0 Å². The van der Waals surface area contributed by atoms with Crippen molar-refractivity contribution in [2.75, 3.05) is 19.6 Å². The number of rotatable bonds is 6. The molecule has 2 aromatic heterocycles. The number of carbonyl (C=O) groups is 2. The molecule has 36 heavy (non-hydrogen) atoms. The average molecular weight is 489 g/mol. The zero-order valence-electron chi connectivity index (χ0n) is 19.7. The molecule has 0 saturated carbocycles. The molecular weight excluding hydrogens is 462 g/mol. The number of aryl methyl sites for hydroxylation is 1. The standard InChI is InChI=1S/C28H26F2N4O2/c29-17-5-7-23-19(13-17)21(15-31-23)25-26(28(36)32-27(25)35)22-16-34(24-8-6-18(30)14-20(22)24)12-4-11-33-9-2-1-3-10-33/h5-8,13-16,31H,1-4,9-12H2,(H,32,35,36). The maximum Gasteiger partial charge on any atom is 0.259 e. The number of piperidine rings is 1. The zero-order chi connectivity index (χ0) is 24.8. The summed E-state index contributed by atoms with van der Waals surface area (Å²) in [4.78, 5) is 31.6. The van der Waals surface area contributed by atoms with Gasteiger partial charge >= 0.3 is 0 Å². The molecule has 2 N–H and O–H groups in total. The number of H-pyrrole nitrogens is 1. The van der Waals surface area contributed by atoms with Gasteiger partial charge in [-0.2, -0.15) is 0 Å². The first-order valence-corrected chi connectivity index (χ1v) is 12.4. The molecule has 1 saturated heterocycles. The minimum absolute atomic E-state index is 0.161. The summed E-state index contributed by atoms with van der Waals surface area (Å²) < 4.78 is 30.4. The van der Waals surface area contributed by atoms with Crippen molar-refractivity contribution in [3.8, 4) is 0 Å². The van der Waals surface area contributed by atoms with Crippen molar-refractivity contribution in [1.82, 2.24) is 19.8 Å². The van der Waals surface area contributed by atoms with E-state index in [9.17, 15) is 18.4 Å². The molecule has 0 aliphatic carbocycles. The summed E-state index contributed by atoms with van der Waals surface area (Å²) >= 11 is 0. The molecule has 8 heteroatoms. The Labute approximate surface area is 206 Å². The number of halogens is 2. The Bertz CT molecular complexity index is 1540. The van der Waals surface area contributed by atoms with Crippen LogP contribution >= 0.6 is 0 Å². The van der Waals surface area contributed by atoms with Crippen LogP contribution in [0.2, 0.25) is 0 Å². The molecule has 0 bridgehead atoms. The highest BCUT2D eigenvalue weighted by atomic mass is 19.1. The highest BCUT2D eigenvalue weighted by Gasteiger charge is 2.35. The molecule has 1 fully saturated rings. The van der Waals surface area contributed by atoms with E-state index in [0.717, 1.165) is 31.6 Å². The predicted molar refractivity (Wildman–Crippen MR) is 135 cm³/mol. The normalized spacial score (nSPS) is 17.1. The van der Waals surface area contributed by atoms with Gasteiger partial charge in [0.25, 0.3) is 11.8 Å². The Morgan fingerprint density at radius 2 is 1.50 bits per heavy atom. The Hall–Kier alpha value is -3.78. The van der Waals surface area contributed by atoms with E-state index in [0.29, 0.717) is 34.0 Å². The van der Waals surface area contributed by atoms with Crippen LogP contribution in [0, 0.1) is 11.6 Å². The second kappa shape index (κ2) is 9.02. The van der Waals surface area contributed by atoms with E-state index in [4.69, 9.17) is 0 Å². The minimum Gasteiger partial charge on any atom is -0.361 e. The maximum absolute atomic E-state index is 14.4. The van der Waals surface area contributed by atoms with E-state index >= 15 is 0 Å². The lowest BCUT2D eigenvalue weighted by Crippen LogP contribution is -2.31. The van der Waals surface area contributed by atoms with Gasteiger partial charge in [0, 0.05) is 51.9 Å². The number of carbonyl (C=O) groups excluding carboxylic acids is 2. The number of likely N-dealkylation sites (tertiary alicyclic amines) is 1. The molecule has 0 spiro atoms. The van der Waals surface area contributed by atoms with Gasteiger partial charge < -0.3 is 14.5 Å². The molecule has 4 aromatic rings. The third-order valence-electron chi connectivity index (χ3n) is 7.28. The van der Waals surface area contributed by atoms with Crippen LogP contribution in [0.4, 0.5) is 8.78 Å². The molecule has 2 amide bonds. The summed E-state index contributed by atoms with van der Waals surface area (Å²) in [5.74, 6) is -1.96. The Morgan fingerprint density at radius 1 is 0.806 bits per heavy atom. The summed E-state index contributed by atoms with van der Waals surface area (Å²) in [6, 6.07) is 8.79. The predicted octanol–water partition coefficient (Wildman–Crippen LogP) is 4.84. The molecule has 0 unspecified atom stereocenters. The summed E-state index contributed by atoms with van der Waals surface area (Å²) in [7, 11) is 0. The van der Waals surface area contributed by atoms with Crippen LogP contribution in [-0.4, -0.2) is 45.9 Å². The number of imide groups is 1. The topological polar surface area (TPSA) is 70.1 Å². The average Bonchev–Trinajstić information content (AvgIpc) is 3.52. The van der Waals surface area contributed by atoms with E-state index in [1.807, 2.05) is 10.8 Å². The Balaban J connectivity index is 1.45. The lowest BCUT2D eigenvalue weighted by Gasteiger charge is -2.26. The van der Waals surface area contributed by atoms with Crippen molar-refractivity contribution in [2.24, 2.45) is 0 Å². The van der Waals surface area contributed by atoms with Crippen molar-refractivity contribution >= 4 is 44.8 Å². The number of nitrogens with one attached hydrogen (secondary N) is 2. The fourth-order valence-corrected chi connectivity index (χ4v) is 5.57. The summed E-state index contributed by atoms with van der Waals surface area (Å²) in [6.07, 6.45) is 8.11. The molecule has 184 valence electrons. The number of aromatic amines is 1. The van der Waals surface area contributed by atoms with Crippen LogP contribution in [0.5, 0.6) is 0 Å². The summed E-state index contributed by atoms with van der Waals surface area (Å²) in [5.41, 5.74) is 2.71. The highest BCUT2D eigenvalue weighted by Crippen LogP contribution is 2.38. The summed E-state index contributed by atoms with van der Waals surface area (Å²) in [6.45, 7) is 3.92. The smallest absolute Gasteiger partial charge is 0.259 e. The minimum atomic E-state index is -0.553. The SMILES string of the molecule is O=C1NC(=O)C(c2cn(CCCN3CCCCC3)c3ccc(F)cc23)=C1c1c[nH]c2ccc(F)cc12. The number of benzene rings is 2. The lowest BCUT2D eigenvalue weighted by molar-refractivity contribution is -0.122. The number of aromatic nitrogens is 2. The van der Waals surface area contributed by atoms with Crippen LogP contribution in [0.3, 0.4) is 0 Å². The number of hydrogen-bond donors (Lipinski definition) is 2. The van der Waals surface area contributed by atoms with Crippen molar-refractivity contribution in [3.63, 3.8) is 0 Å². The molecule has 4 heterocycles. The van der Waals surface area contributed by atoms with Crippen molar-refractivity contribution in [3.05, 3.63) is 71.6 Å². The molecule has 6 nitrogen and oxygen atoms in total. The van der Waals surface area contributed by atoms with Crippen LogP contribution in [-0.2, 0) is 16.1 Å². The van der Waals surface area contributed by atoms with Crippen LogP contribution in [0.15, 0.2) is 48.8 Å². The largest absolute Gasteiger partial charge is 0.361 e. The van der Waals surface area contributed by atoms with E-state index in [1.165, 1.54) is 43.5 Å². The van der Waals surface area contributed by atoms with E-state index < -0.39 is 23.4 Å². The van der Waals surface area contributed by atoms with Crippen molar-refractivity contribution < 1.29 is 18.4 Å².